The van der Waals surface area contributed by atoms with Crippen molar-refractivity contribution in [2.75, 3.05) is 13.2 Å². The largest absolute Gasteiger partial charge is 0.365 e. The smallest absolute Gasteiger partial charge is 0.0946 e. The van der Waals surface area contributed by atoms with E-state index in [0.717, 1.165) is 23.4 Å². The lowest BCUT2D eigenvalue weighted by Gasteiger charge is -2.34. The van der Waals surface area contributed by atoms with E-state index >= 15 is 0 Å². The topological polar surface area (TPSA) is 21.3 Å². The maximum absolute atomic E-state index is 5.66. The molecule has 60 valence electrons. The maximum Gasteiger partial charge on any atom is 0.0946 e. The number of rotatable bonds is 2. The average Bonchev–Trinajstić information content (AvgIpc) is 1.89. The van der Waals surface area contributed by atoms with Gasteiger partial charge in [0.05, 0.1) is 15.6 Å². The van der Waals surface area contributed by atoms with E-state index < -0.39 is 0 Å². The Bertz CT molecular complexity index is 96.3. The summed E-state index contributed by atoms with van der Waals surface area (Å²) in [7, 11) is 1.11. The Balaban J connectivity index is 2.32. The molecule has 1 saturated heterocycles. The SMILES string of the molecule is CCNC1([SiH3])CCCCO1. The number of nitrogens with one attached hydrogen (secondary N) is 1. The molecular weight excluding hydrogens is 142 g/mol. The van der Waals surface area contributed by atoms with Crippen LogP contribution in [0.5, 0.6) is 0 Å². The summed E-state index contributed by atoms with van der Waals surface area (Å²) < 4.78 is 5.66. The van der Waals surface area contributed by atoms with E-state index in [-0.39, 0.29) is 5.35 Å². The third kappa shape index (κ3) is 2.07. The Labute approximate surface area is 65.8 Å². The molecule has 0 radical (unpaired) electrons. The summed E-state index contributed by atoms with van der Waals surface area (Å²) in [6.45, 7) is 4.12. The van der Waals surface area contributed by atoms with Crippen LogP contribution in [0.4, 0.5) is 0 Å². The fourth-order valence-electron chi connectivity index (χ4n) is 1.45. The molecule has 0 amide bonds. The number of ether oxygens (including phenoxy) is 1. The van der Waals surface area contributed by atoms with Gasteiger partial charge in [0.2, 0.25) is 0 Å². The number of hydrogen-bond donors (Lipinski definition) is 1. The second kappa shape index (κ2) is 3.51. The van der Waals surface area contributed by atoms with Crippen LogP contribution in [-0.4, -0.2) is 28.7 Å². The van der Waals surface area contributed by atoms with Crippen LogP contribution in [0.1, 0.15) is 26.2 Å². The second-order valence-electron chi connectivity index (χ2n) is 3.07. The molecule has 1 rings (SSSR count). The summed E-state index contributed by atoms with van der Waals surface area (Å²) in [6, 6.07) is 0. The molecule has 2 nitrogen and oxygen atoms in total. The lowest BCUT2D eigenvalue weighted by Crippen LogP contribution is -2.50. The fourth-order valence-corrected chi connectivity index (χ4v) is 2.36. The van der Waals surface area contributed by atoms with Crippen molar-refractivity contribution < 1.29 is 4.74 Å². The van der Waals surface area contributed by atoms with Crippen molar-refractivity contribution in [3.63, 3.8) is 0 Å². The van der Waals surface area contributed by atoms with Crippen molar-refractivity contribution in [1.82, 2.24) is 5.32 Å². The zero-order valence-electron chi connectivity index (χ0n) is 6.94. The molecule has 1 atom stereocenters. The van der Waals surface area contributed by atoms with Gasteiger partial charge in [-0.2, -0.15) is 0 Å². The molecule has 0 aromatic heterocycles. The van der Waals surface area contributed by atoms with Crippen LogP contribution >= 0.6 is 0 Å². The molecule has 1 heterocycles. The van der Waals surface area contributed by atoms with Crippen molar-refractivity contribution >= 4 is 10.2 Å². The Morgan fingerprint density at radius 2 is 2.40 bits per heavy atom. The van der Waals surface area contributed by atoms with Gasteiger partial charge in [0.25, 0.3) is 0 Å². The van der Waals surface area contributed by atoms with Gasteiger partial charge in [0.1, 0.15) is 0 Å². The van der Waals surface area contributed by atoms with Crippen LogP contribution in [0.25, 0.3) is 0 Å². The van der Waals surface area contributed by atoms with E-state index in [9.17, 15) is 0 Å². The van der Waals surface area contributed by atoms with Crippen LogP contribution in [-0.2, 0) is 4.74 Å². The van der Waals surface area contributed by atoms with Gasteiger partial charge in [0, 0.05) is 6.61 Å². The summed E-state index contributed by atoms with van der Waals surface area (Å²) in [5.41, 5.74) is 0. The Morgan fingerprint density at radius 3 is 2.90 bits per heavy atom. The first kappa shape index (κ1) is 8.24. The molecule has 1 unspecified atom stereocenters. The van der Waals surface area contributed by atoms with Gasteiger partial charge in [-0.25, -0.2) is 0 Å². The van der Waals surface area contributed by atoms with Gasteiger partial charge in [-0.3, -0.25) is 5.32 Å². The Kier molecular flexibility index (Phi) is 2.89. The zero-order valence-corrected chi connectivity index (χ0v) is 8.94. The lowest BCUT2D eigenvalue weighted by atomic mass is 10.2. The van der Waals surface area contributed by atoms with Crippen LogP contribution in [0.3, 0.4) is 0 Å². The minimum Gasteiger partial charge on any atom is -0.365 e. The third-order valence-corrected chi connectivity index (χ3v) is 3.16. The molecule has 0 bridgehead atoms. The number of hydrogen-bond acceptors (Lipinski definition) is 2. The highest BCUT2D eigenvalue weighted by atomic mass is 28.1. The van der Waals surface area contributed by atoms with E-state index in [1.54, 1.807) is 0 Å². The van der Waals surface area contributed by atoms with Crippen LogP contribution in [0.15, 0.2) is 0 Å². The van der Waals surface area contributed by atoms with E-state index in [1.807, 2.05) is 0 Å². The lowest BCUT2D eigenvalue weighted by molar-refractivity contribution is -0.0387. The molecule has 0 aromatic rings. The van der Waals surface area contributed by atoms with Crippen LogP contribution in [0.2, 0.25) is 0 Å². The van der Waals surface area contributed by atoms with Gasteiger partial charge in [-0.1, -0.05) is 6.92 Å². The molecule has 3 heteroatoms. The highest BCUT2D eigenvalue weighted by Gasteiger charge is 2.25. The Hall–Kier alpha value is 0.137. The predicted octanol–water partition coefficient (Wildman–Crippen LogP) is -0.184. The highest BCUT2D eigenvalue weighted by Crippen LogP contribution is 2.18. The molecule has 1 aliphatic rings. The summed E-state index contributed by atoms with van der Waals surface area (Å²) in [5, 5.41) is 3.52. The van der Waals surface area contributed by atoms with Gasteiger partial charge in [-0.15, -0.1) is 0 Å². The monoisotopic (exact) mass is 159 g/mol. The van der Waals surface area contributed by atoms with Crippen molar-refractivity contribution in [3.05, 3.63) is 0 Å². The standard InChI is InChI=1S/C7H17NOSi/c1-2-8-7(10)5-3-4-6-9-7/h8H,2-6H2,1,10H3. The van der Waals surface area contributed by atoms with Crippen molar-refractivity contribution in [2.45, 2.75) is 31.5 Å². The maximum atomic E-state index is 5.66. The van der Waals surface area contributed by atoms with Gasteiger partial charge in [0.15, 0.2) is 0 Å². The zero-order chi connectivity index (χ0) is 7.45. The molecule has 0 aliphatic carbocycles. The minimum atomic E-state index is 0.118. The van der Waals surface area contributed by atoms with E-state index in [1.165, 1.54) is 19.3 Å². The van der Waals surface area contributed by atoms with Crippen LogP contribution in [0, 0.1) is 0 Å². The van der Waals surface area contributed by atoms with E-state index in [2.05, 4.69) is 12.2 Å². The predicted molar refractivity (Wildman–Crippen MR) is 46.1 cm³/mol. The molecule has 0 saturated carbocycles. The van der Waals surface area contributed by atoms with E-state index in [4.69, 9.17) is 4.74 Å². The van der Waals surface area contributed by atoms with Crippen molar-refractivity contribution in [1.29, 1.82) is 0 Å². The Morgan fingerprint density at radius 1 is 1.60 bits per heavy atom. The first-order valence-corrected chi connectivity index (χ1v) is 5.16. The molecule has 1 aliphatic heterocycles. The quantitative estimate of drug-likeness (QED) is 0.564. The summed E-state index contributed by atoms with van der Waals surface area (Å²) in [4.78, 5) is 0. The van der Waals surface area contributed by atoms with Crippen LogP contribution < -0.4 is 5.32 Å². The average molecular weight is 159 g/mol. The highest BCUT2D eigenvalue weighted by molar-refractivity contribution is 6.14. The molecule has 1 fully saturated rings. The van der Waals surface area contributed by atoms with Gasteiger partial charge < -0.3 is 4.74 Å². The molecule has 0 aromatic carbocycles. The van der Waals surface area contributed by atoms with Gasteiger partial charge in [-0.05, 0) is 25.8 Å². The molecule has 0 spiro atoms. The van der Waals surface area contributed by atoms with Crippen molar-refractivity contribution in [2.24, 2.45) is 0 Å². The summed E-state index contributed by atoms with van der Waals surface area (Å²) >= 11 is 0. The second-order valence-corrected chi connectivity index (χ2v) is 4.68. The van der Waals surface area contributed by atoms with Crippen molar-refractivity contribution in [3.8, 4) is 0 Å². The third-order valence-electron chi connectivity index (χ3n) is 2.02. The van der Waals surface area contributed by atoms with E-state index in [0.29, 0.717) is 0 Å². The van der Waals surface area contributed by atoms with Gasteiger partial charge >= 0.3 is 0 Å². The summed E-state index contributed by atoms with van der Waals surface area (Å²) in [5.74, 6) is 0. The summed E-state index contributed by atoms with van der Waals surface area (Å²) in [6.07, 6.45) is 3.79. The normalized spacial score (nSPS) is 34.5. The molecule has 10 heavy (non-hydrogen) atoms. The first-order chi connectivity index (χ1) is 4.77. The molecule has 1 N–H and O–H groups in total. The fraction of sp³-hybridized carbons (Fsp3) is 1.00. The first-order valence-electron chi connectivity index (χ1n) is 4.16. The minimum absolute atomic E-state index is 0.118. The molecular formula is C7H17NOSi.